The van der Waals surface area contributed by atoms with Gasteiger partial charge in [-0.05, 0) is 24.1 Å². The number of nitrogens with zero attached hydrogens (tertiary/aromatic N) is 1. The minimum atomic E-state index is -0.530. The molecule has 0 radical (unpaired) electrons. The molecule has 2 aromatic rings. The normalized spacial score (nSPS) is 14.6. The Balaban J connectivity index is 0.00000208. The van der Waals surface area contributed by atoms with Crippen molar-refractivity contribution in [3.8, 4) is 22.8 Å². The fraction of sp³-hybridized carbons (Fsp3) is 0.375. The van der Waals surface area contributed by atoms with Crippen LogP contribution in [0.15, 0.2) is 23.6 Å². The lowest BCUT2D eigenvalue weighted by molar-refractivity contribution is -0.118. The number of carbonyl (C=O) groups is 1. The number of nitrogens with one attached hydrogen (secondary N) is 1. The molecule has 1 aliphatic rings. The number of halogens is 1. The van der Waals surface area contributed by atoms with E-state index in [1.165, 1.54) is 11.3 Å². The first-order chi connectivity index (χ1) is 11.1. The molecule has 0 bridgehead atoms. The third-order valence-corrected chi connectivity index (χ3v) is 4.72. The number of fused-ring (bicyclic) bond motifs is 1. The fourth-order valence-corrected chi connectivity index (χ4v) is 2.94. The second-order valence-corrected chi connectivity index (χ2v) is 6.36. The van der Waals surface area contributed by atoms with Crippen LogP contribution in [-0.2, 0) is 4.79 Å². The molecule has 8 heteroatoms. The van der Waals surface area contributed by atoms with Crippen LogP contribution in [0, 0.1) is 5.92 Å². The Morgan fingerprint density at radius 2 is 2.17 bits per heavy atom. The quantitative estimate of drug-likeness (QED) is 0.844. The molecule has 0 saturated carbocycles. The molecule has 2 unspecified atom stereocenters. The minimum absolute atomic E-state index is 0. The first-order valence-electron chi connectivity index (χ1n) is 7.50. The van der Waals surface area contributed by atoms with E-state index < -0.39 is 6.04 Å². The maximum atomic E-state index is 12.1. The lowest BCUT2D eigenvalue weighted by Gasteiger charge is -2.16. The van der Waals surface area contributed by atoms with Crippen molar-refractivity contribution in [1.29, 1.82) is 0 Å². The van der Waals surface area contributed by atoms with Crippen LogP contribution >= 0.6 is 23.7 Å². The van der Waals surface area contributed by atoms with E-state index in [0.29, 0.717) is 10.9 Å². The van der Waals surface area contributed by atoms with Crippen LogP contribution in [-0.4, -0.2) is 23.7 Å². The Labute approximate surface area is 150 Å². The van der Waals surface area contributed by atoms with Crippen molar-refractivity contribution in [2.24, 2.45) is 11.7 Å². The zero-order valence-electron chi connectivity index (χ0n) is 13.4. The summed E-state index contributed by atoms with van der Waals surface area (Å²) in [6.07, 6.45) is 0.856. The van der Waals surface area contributed by atoms with Gasteiger partial charge < -0.3 is 20.5 Å². The molecule has 1 amide bonds. The first kappa shape index (κ1) is 18.5. The van der Waals surface area contributed by atoms with Crippen LogP contribution in [0.2, 0.25) is 0 Å². The number of hydrogen-bond donors (Lipinski definition) is 2. The highest BCUT2D eigenvalue weighted by atomic mass is 35.5. The molecule has 0 aliphatic carbocycles. The van der Waals surface area contributed by atoms with Crippen LogP contribution in [0.3, 0.4) is 0 Å². The highest BCUT2D eigenvalue weighted by Crippen LogP contribution is 2.36. The molecule has 6 nitrogen and oxygen atoms in total. The Kier molecular flexibility index (Phi) is 6.04. The number of ether oxygens (including phenoxy) is 2. The third kappa shape index (κ3) is 3.80. The van der Waals surface area contributed by atoms with Gasteiger partial charge in [-0.25, -0.2) is 4.98 Å². The zero-order chi connectivity index (χ0) is 16.4. The van der Waals surface area contributed by atoms with Crippen molar-refractivity contribution >= 4 is 34.8 Å². The average molecular weight is 370 g/mol. The lowest BCUT2D eigenvalue weighted by atomic mass is 10.00. The summed E-state index contributed by atoms with van der Waals surface area (Å²) in [6.45, 7) is 4.22. The molecular weight excluding hydrogens is 350 g/mol. The second-order valence-electron chi connectivity index (χ2n) is 5.51. The largest absolute Gasteiger partial charge is 0.454 e. The predicted octanol–water partition coefficient (Wildman–Crippen LogP) is 3.27. The predicted molar refractivity (Wildman–Crippen MR) is 97.0 cm³/mol. The monoisotopic (exact) mass is 369 g/mol. The number of aromatic nitrogens is 1. The number of hydrogen-bond acceptors (Lipinski definition) is 6. The maximum absolute atomic E-state index is 12.1. The number of anilines is 1. The van der Waals surface area contributed by atoms with Gasteiger partial charge in [-0.2, -0.15) is 0 Å². The van der Waals surface area contributed by atoms with E-state index in [1.54, 1.807) is 0 Å². The standard InChI is InChI=1S/C16H19N3O3S.ClH/c1-3-9(2)14(17)15(20)19-16-18-11(7-23-16)10-4-5-12-13(6-10)22-8-21-12;/h4-7,9,14H,3,8,17H2,1-2H3,(H,18,19,20);1H. The highest BCUT2D eigenvalue weighted by Gasteiger charge is 2.21. The third-order valence-electron chi connectivity index (χ3n) is 3.96. The topological polar surface area (TPSA) is 86.5 Å². The minimum Gasteiger partial charge on any atom is -0.454 e. The van der Waals surface area contributed by atoms with Gasteiger partial charge in [0, 0.05) is 10.9 Å². The van der Waals surface area contributed by atoms with Gasteiger partial charge in [-0.15, -0.1) is 23.7 Å². The molecule has 130 valence electrons. The van der Waals surface area contributed by atoms with Crippen molar-refractivity contribution < 1.29 is 14.3 Å². The summed E-state index contributed by atoms with van der Waals surface area (Å²) in [7, 11) is 0. The molecule has 1 aromatic carbocycles. The SMILES string of the molecule is CCC(C)C(N)C(=O)Nc1nc(-c2ccc3c(c2)OCO3)cs1.Cl. The molecule has 2 heterocycles. The summed E-state index contributed by atoms with van der Waals surface area (Å²) >= 11 is 1.37. The van der Waals surface area contributed by atoms with Crippen molar-refractivity contribution in [2.75, 3.05) is 12.1 Å². The van der Waals surface area contributed by atoms with Crippen molar-refractivity contribution in [2.45, 2.75) is 26.3 Å². The van der Waals surface area contributed by atoms with Gasteiger partial charge in [0.05, 0.1) is 11.7 Å². The number of rotatable bonds is 5. The lowest BCUT2D eigenvalue weighted by Crippen LogP contribution is -2.40. The molecule has 1 aromatic heterocycles. The zero-order valence-corrected chi connectivity index (χ0v) is 15.1. The summed E-state index contributed by atoms with van der Waals surface area (Å²) in [5.74, 6) is 1.37. The van der Waals surface area contributed by atoms with Crippen molar-refractivity contribution in [3.63, 3.8) is 0 Å². The number of benzene rings is 1. The highest BCUT2D eigenvalue weighted by molar-refractivity contribution is 7.14. The summed E-state index contributed by atoms with van der Waals surface area (Å²) in [5.41, 5.74) is 7.63. The van der Waals surface area contributed by atoms with Gasteiger partial charge >= 0.3 is 0 Å². The van der Waals surface area contributed by atoms with E-state index in [4.69, 9.17) is 15.2 Å². The first-order valence-corrected chi connectivity index (χ1v) is 8.38. The summed E-state index contributed by atoms with van der Waals surface area (Å²) in [6, 6.07) is 5.12. The second kappa shape index (κ2) is 7.83. The van der Waals surface area contributed by atoms with Crippen LogP contribution in [0.5, 0.6) is 11.5 Å². The van der Waals surface area contributed by atoms with E-state index in [0.717, 1.165) is 23.4 Å². The van der Waals surface area contributed by atoms with Gasteiger partial charge in [0.1, 0.15) is 0 Å². The molecule has 0 fully saturated rings. The number of amides is 1. The molecule has 2 atom stereocenters. The molecule has 3 N–H and O–H groups in total. The fourth-order valence-electron chi connectivity index (χ4n) is 2.22. The van der Waals surface area contributed by atoms with Gasteiger partial charge in [0.25, 0.3) is 0 Å². The van der Waals surface area contributed by atoms with Crippen molar-refractivity contribution in [1.82, 2.24) is 4.98 Å². The van der Waals surface area contributed by atoms with E-state index in [9.17, 15) is 4.79 Å². The van der Waals surface area contributed by atoms with Crippen LogP contribution in [0.1, 0.15) is 20.3 Å². The molecule has 24 heavy (non-hydrogen) atoms. The average Bonchev–Trinajstić information content (AvgIpc) is 3.21. The van der Waals surface area contributed by atoms with E-state index in [1.807, 2.05) is 37.4 Å². The smallest absolute Gasteiger partial charge is 0.243 e. The number of nitrogens with two attached hydrogens (primary N) is 1. The summed E-state index contributed by atoms with van der Waals surface area (Å²) in [5, 5.41) is 5.22. The molecule has 0 saturated heterocycles. The summed E-state index contributed by atoms with van der Waals surface area (Å²) in [4.78, 5) is 16.6. The maximum Gasteiger partial charge on any atom is 0.243 e. The molecule has 1 aliphatic heterocycles. The van der Waals surface area contributed by atoms with E-state index in [-0.39, 0.29) is 31.0 Å². The Hall–Kier alpha value is -1.83. The Morgan fingerprint density at radius 1 is 1.42 bits per heavy atom. The van der Waals surface area contributed by atoms with E-state index >= 15 is 0 Å². The van der Waals surface area contributed by atoms with E-state index in [2.05, 4.69) is 10.3 Å². The number of carbonyl (C=O) groups excluding carboxylic acids is 1. The van der Waals surface area contributed by atoms with Gasteiger partial charge in [0.15, 0.2) is 16.6 Å². The summed E-state index contributed by atoms with van der Waals surface area (Å²) < 4.78 is 10.7. The van der Waals surface area contributed by atoms with Crippen LogP contribution in [0.25, 0.3) is 11.3 Å². The van der Waals surface area contributed by atoms with Gasteiger partial charge in [0.2, 0.25) is 12.7 Å². The van der Waals surface area contributed by atoms with Gasteiger partial charge in [-0.3, -0.25) is 4.79 Å². The van der Waals surface area contributed by atoms with Gasteiger partial charge in [-0.1, -0.05) is 20.3 Å². The Bertz CT molecular complexity index is 722. The number of thiazole rings is 1. The molecule has 3 rings (SSSR count). The van der Waals surface area contributed by atoms with Crippen LogP contribution in [0.4, 0.5) is 5.13 Å². The Morgan fingerprint density at radius 3 is 2.92 bits per heavy atom. The molecule has 0 spiro atoms. The van der Waals surface area contributed by atoms with Crippen LogP contribution < -0.4 is 20.5 Å². The van der Waals surface area contributed by atoms with Crippen molar-refractivity contribution in [3.05, 3.63) is 23.6 Å². The molecular formula is C16H20ClN3O3S.